The van der Waals surface area contributed by atoms with Crippen molar-refractivity contribution in [2.45, 2.75) is 57.5 Å². The van der Waals surface area contributed by atoms with Crippen LogP contribution in [-0.4, -0.2) is 55.7 Å². The minimum Gasteiger partial charge on any atom is -0.451 e. The van der Waals surface area contributed by atoms with E-state index in [0.29, 0.717) is 29.0 Å². The molecule has 2 saturated heterocycles. The van der Waals surface area contributed by atoms with Gasteiger partial charge in [-0.15, -0.1) is 0 Å². The molecule has 2 amide bonds. The smallest absolute Gasteiger partial charge is 0.287 e. The molecule has 2 aliphatic rings. The van der Waals surface area contributed by atoms with Gasteiger partial charge in [0.15, 0.2) is 11.2 Å². The summed E-state index contributed by atoms with van der Waals surface area (Å²) in [7, 11) is 1.92. The van der Waals surface area contributed by atoms with Crippen LogP contribution in [-0.2, 0) is 11.3 Å². The highest BCUT2D eigenvalue weighted by Crippen LogP contribution is 2.30. The molecule has 2 unspecified atom stereocenters. The molecule has 2 atom stereocenters. The Labute approximate surface area is 297 Å². The van der Waals surface area contributed by atoms with Crippen LogP contribution in [0.5, 0.6) is 0 Å². The highest BCUT2D eigenvalue weighted by Gasteiger charge is 2.26. The molecule has 6 rings (SSSR count). The van der Waals surface area contributed by atoms with E-state index in [1.54, 1.807) is 12.1 Å². The van der Waals surface area contributed by atoms with Crippen LogP contribution in [0, 0.1) is 0 Å². The lowest BCUT2D eigenvalue weighted by atomic mass is 9.89. The van der Waals surface area contributed by atoms with Gasteiger partial charge in [-0.05, 0) is 73.2 Å². The van der Waals surface area contributed by atoms with Gasteiger partial charge in [0.1, 0.15) is 5.58 Å². The van der Waals surface area contributed by atoms with E-state index in [1.807, 2.05) is 58.9 Å². The van der Waals surface area contributed by atoms with Crippen LogP contribution in [0.1, 0.15) is 66.6 Å². The lowest BCUT2D eigenvalue weighted by Crippen LogP contribution is -2.39. The van der Waals surface area contributed by atoms with E-state index in [0.717, 1.165) is 56.6 Å². The van der Waals surface area contributed by atoms with E-state index < -0.39 is 5.91 Å². The van der Waals surface area contributed by atoms with Crippen molar-refractivity contribution in [3.8, 4) is 0 Å². The predicted octanol–water partition coefficient (Wildman–Crippen LogP) is 7.80. The van der Waals surface area contributed by atoms with Gasteiger partial charge in [-0.25, -0.2) is 0 Å². The summed E-state index contributed by atoms with van der Waals surface area (Å²) in [4.78, 5) is 43.8. The Balaban J connectivity index is 1.21. The SMILES string of the molecule is CSN(C)c1ccc2oc(C(=O)NC(C=C3CCN(c4ccccc4CN4CCCCC4=O)CC3)C(C)c3ccc(Cl)cc3)cc(=O)c2c1. The summed E-state index contributed by atoms with van der Waals surface area (Å²) < 4.78 is 7.95. The predicted molar refractivity (Wildman–Crippen MR) is 201 cm³/mol. The summed E-state index contributed by atoms with van der Waals surface area (Å²) in [5.74, 6) is -0.297. The van der Waals surface area contributed by atoms with Gasteiger partial charge in [-0.3, -0.25) is 14.4 Å². The summed E-state index contributed by atoms with van der Waals surface area (Å²) >= 11 is 7.74. The van der Waals surface area contributed by atoms with E-state index in [-0.39, 0.29) is 29.1 Å². The molecule has 4 aromatic rings. The quantitative estimate of drug-likeness (QED) is 0.134. The number of fused-ring (bicyclic) bond motifs is 1. The fraction of sp³-hybridized carbons (Fsp3) is 0.359. The molecular weight excluding hydrogens is 656 g/mol. The first-order valence-corrected chi connectivity index (χ1v) is 18.5. The zero-order chi connectivity index (χ0) is 34.5. The number of rotatable bonds is 10. The fourth-order valence-corrected chi connectivity index (χ4v) is 7.16. The molecule has 1 aromatic heterocycles. The Morgan fingerprint density at radius 2 is 1.76 bits per heavy atom. The van der Waals surface area contributed by atoms with Gasteiger partial charge >= 0.3 is 0 Å². The normalized spacial score (nSPS) is 16.4. The Kier molecular flexibility index (Phi) is 11.0. The first kappa shape index (κ1) is 34.6. The molecule has 0 radical (unpaired) electrons. The summed E-state index contributed by atoms with van der Waals surface area (Å²) in [5.41, 5.74) is 5.63. The number of carbonyl (C=O) groups excluding carboxylic acids is 2. The van der Waals surface area contributed by atoms with Crippen molar-refractivity contribution in [3.63, 3.8) is 0 Å². The molecule has 0 spiro atoms. The zero-order valence-electron chi connectivity index (χ0n) is 28.3. The minimum atomic E-state index is -0.439. The lowest BCUT2D eigenvalue weighted by Gasteiger charge is -2.34. The van der Waals surface area contributed by atoms with Crippen molar-refractivity contribution in [1.82, 2.24) is 10.2 Å². The molecule has 49 heavy (non-hydrogen) atoms. The molecule has 0 bridgehead atoms. The zero-order valence-corrected chi connectivity index (χ0v) is 29.9. The molecule has 10 heteroatoms. The average molecular weight is 699 g/mol. The summed E-state index contributed by atoms with van der Waals surface area (Å²) in [6.45, 7) is 5.21. The molecule has 2 aliphatic heterocycles. The number of nitrogens with one attached hydrogen (secondary N) is 1. The van der Waals surface area contributed by atoms with E-state index in [2.05, 4.69) is 41.4 Å². The molecule has 8 nitrogen and oxygen atoms in total. The third-order valence-electron chi connectivity index (χ3n) is 9.74. The Morgan fingerprint density at radius 1 is 1.00 bits per heavy atom. The van der Waals surface area contributed by atoms with Crippen LogP contribution in [0.2, 0.25) is 5.02 Å². The number of nitrogens with zero attached hydrogens (tertiary/aromatic N) is 3. The topological polar surface area (TPSA) is 86.1 Å². The van der Waals surface area contributed by atoms with Crippen molar-refractivity contribution in [3.05, 3.63) is 117 Å². The Bertz CT molecular complexity index is 1900. The number of amides is 2. The monoisotopic (exact) mass is 698 g/mol. The van der Waals surface area contributed by atoms with E-state index in [4.69, 9.17) is 16.0 Å². The molecule has 3 aromatic carbocycles. The number of benzene rings is 3. The van der Waals surface area contributed by atoms with E-state index in [9.17, 15) is 14.4 Å². The van der Waals surface area contributed by atoms with Crippen molar-refractivity contribution >= 4 is 57.7 Å². The maximum atomic E-state index is 13.7. The van der Waals surface area contributed by atoms with Crippen LogP contribution < -0.4 is 20.0 Å². The summed E-state index contributed by atoms with van der Waals surface area (Å²) in [6.07, 6.45) is 8.49. The standard InChI is InChI=1S/C39H43ClN4O4S/c1-26(28-11-13-30(40)14-12-28)33(41-39(47)37-24-35(45)32-23-31(42(2)49-3)15-16-36(32)48-37)22-27-17-20-43(21-18-27)34-9-5-4-8-29(34)25-44-19-7-6-10-38(44)46/h4-5,8-9,11-16,22-24,26,33H,6-7,10,17-21,25H2,1-3H3,(H,41,47). The number of anilines is 2. The van der Waals surface area contributed by atoms with Gasteiger partial charge in [0.05, 0.1) is 11.4 Å². The molecule has 2 fully saturated rings. The van der Waals surface area contributed by atoms with Crippen LogP contribution in [0.25, 0.3) is 11.0 Å². The fourth-order valence-electron chi connectivity index (χ4n) is 6.71. The second kappa shape index (κ2) is 15.6. The Hall–Kier alpha value is -4.21. The third-order valence-corrected chi connectivity index (χ3v) is 10.8. The van der Waals surface area contributed by atoms with Gasteiger partial charge in [-0.1, -0.05) is 72.5 Å². The molecule has 256 valence electrons. The average Bonchev–Trinajstić information content (AvgIpc) is 3.12. The second-order valence-corrected chi connectivity index (χ2v) is 14.2. The maximum absolute atomic E-state index is 13.7. The van der Waals surface area contributed by atoms with Gasteiger partial charge < -0.3 is 23.8 Å². The van der Waals surface area contributed by atoms with Crippen molar-refractivity contribution in [1.29, 1.82) is 0 Å². The first-order chi connectivity index (χ1) is 23.7. The largest absolute Gasteiger partial charge is 0.451 e. The number of piperidine rings is 2. The first-order valence-electron chi connectivity index (χ1n) is 16.9. The number of hydrogen-bond donors (Lipinski definition) is 1. The van der Waals surface area contributed by atoms with Crippen LogP contribution in [0.3, 0.4) is 0 Å². The Morgan fingerprint density at radius 3 is 2.49 bits per heavy atom. The molecule has 3 heterocycles. The van der Waals surface area contributed by atoms with Crippen molar-refractivity contribution in [2.24, 2.45) is 0 Å². The number of halogens is 1. The summed E-state index contributed by atoms with van der Waals surface area (Å²) in [5, 5.41) is 4.26. The summed E-state index contributed by atoms with van der Waals surface area (Å²) in [6, 6.07) is 22.4. The van der Waals surface area contributed by atoms with Crippen molar-refractivity contribution in [2.75, 3.05) is 42.1 Å². The second-order valence-electron chi connectivity index (χ2n) is 12.9. The van der Waals surface area contributed by atoms with Gasteiger partial charge in [0, 0.05) is 74.3 Å². The number of likely N-dealkylation sites (tertiary alicyclic amines) is 1. The van der Waals surface area contributed by atoms with E-state index in [1.165, 1.54) is 34.8 Å². The lowest BCUT2D eigenvalue weighted by molar-refractivity contribution is -0.133. The van der Waals surface area contributed by atoms with Crippen molar-refractivity contribution < 1.29 is 14.0 Å². The molecule has 1 N–H and O–H groups in total. The number of hydrogen-bond acceptors (Lipinski definition) is 7. The third kappa shape index (κ3) is 8.16. The number of carbonyl (C=O) groups is 2. The maximum Gasteiger partial charge on any atom is 0.287 e. The minimum absolute atomic E-state index is 0.0196. The van der Waals surface area contributed by atoms with Gasteiger partial charge in [0.2, 0.25) is 5.91 Å². The van der Waals surface area contributed by atoms with E-state index >= 15 is 0 Å². The van der Waals surface area contributed by atoms with Gasteiger partial charge in [0.25, 0.3) is 5.91 Å². The molecule has 0 saturated carbocycles. The highest BCUT2D eigenvalue weighted by atomic mass is 35.5. The molecular formula is C39H43ClN4O4S. The van der Waals surface area contributed by atoms with Crippen LogP contribution in [0.15, 0.2) is 93.7 Å². The number of para-hydroxylation sites is 1. The van der Waals surface area contributed by atoms with Crippen LogP contribution >= 0.6 is 23.5 Å². The van der Waals surface area contributed by atoms with Gasteiger partial charge in [-0.2, -0.15) is 0 Å². The van der Waals surface area contributed by atoms with Crippen LogP contribution in [0.4, 0.5) is 11.4 Å². The molecule has 0 aliphatic carbocycles. The highest BCUT2D eigenvalue weighted by molar-refractivity contribution is 7.99.